The van der Waals surface area contributed by atoms with Gasteiger partial charge in [-0.25, -0.2) is 4.68 Å². The highest BCUT2D eigenvalue weighted by molar-refractivity contribution is 5.99. The molecule has 1 N–H and O–H groups in total. The number of hydrogen-bond donors (Lipinski definition) is 1. The number of anilines is 1. The third-order valence-electron chi connectivity index (χ3n) is 6.22. The number of benzene rings is 2. The number of ketones is 1. The Morgan fingerprint density at radius 1 is 0.941 bits per heavy atom. The zero-order valence-corrected chi connectivity index (χ0v) is 19.5. The zero-order valence-electron chi connectivity index (χ0n) is 19.5. The molecule has 1 atom stereocenters. The molecule has 176 valence electrons. The summed E-state index contributed by atoms with van der Waals surface area (Å²) in [5.74, 6) is 3.33. The van der Waals surface area contributed by atoms with Gasteiger partial charge in [-0.15, -0.1) is 5.10 Å². The molecule has 3 aromatic rings. The Labute approximate surface area is 197 Å². The molecule has 1 aliphatic heterocycles. The van der Waals surface area contributed by atoms with Gasteiger partial charge in [-0.2, -0.15) is 4.98 Å². The van der Waals surface area contributed by atoms with E-state index in [4.69, 9.17) is 29.0 Å². The summed E-state index contributed by atoms with van der Waals surface area (Å²) in [6, 6.07) is 10.9. The third-order valence-corrected chi connectivity index (χ3v) is 6.22. The average molecular weight is 463 g/mol. The van der Waals surface area contributed by atoms with Crippen LogP contribution in [0.3, 0.4) is 0 Å². The highest BCUT2D eigenvalue weighted by Gasteiger charge is 2.38. The normalized spacial score (nSPS) is 16.9. The van der Waals surface area contributed by atoms with Gasteiger partial charge in [-0.1, -0.05) is 18.2 Å². The molecule has 34 heavy (non-hydrogen) atoms. The van der Waals surface area contributed by atoms with Crippen molar-refractivity contribution >= 4 is 11.7 Å². The van der Waals surface area contributed by atoms with Crippen LogP contribution in [0, 0.1) is 0 Å². The lowest BCUT2D eigenvalue weighted by Gasteiger charge is -2.32. The number of nitrogens with zero attached hydrogens (tertiary/aromatic N) is 3. The zero-order chi connectivity index (χ0) is 23.8. The minimum atomic E-state index is -0.446. The van der Waals surface area contributed by atoms with Crippen molar-refractivity contribution in [2.75, 3.05) is 33.8 Å². The van der Waals surface area contributed by atoms with Crippen LogP contribution in [0.5, 0.6) is 23.0 Å². The SMILES string of the molecule is COc1ccccc1C1C2=C(CCCC2=O)Nc2nc(-c3cc(OC)c(OC)c(OC)c3)nn21. The summed E-state index contributed by atoms with van der Waals surface area (Å²) in [7, 11) is 6.31. The lowest BCUT2D eigenvalue weighted by atomic mass is 9.85. The van der Waals surface area contributed by atoms with Crippen LogP contribution in [0.15, 0.2) is 47.7 Å². The van der Waals surface area contributed by atoms with Gasteiger partial charge in [0.25, 0.3) is 0 Å². The Balaban J connectivity index is 1.69. The number of carbonyl (C=O) groups is 1. The predicted molar refractivity (Wildman–Crippen MR) is 126 cm³/mol. The largest absolute Gasteiger partial charge is 0.496 e. The van der Waals surface area contributed by atoms with Gasteiger partial charge < -0.3 is 24.3 Å². The quantitative estimate of drug-likeness (QED) is 0.587. The van der Waals surface area contributed by atoms with Crippen LogP contribution in [-0.4, -0.2) is 49.0 Å². The molecule has 5 rings (SSSR count). The molecule has 1 unspecified atom stereocenters. The smallest absolute Gasteiger partial charge is 0.226 e. The maximum atomic E-state index is 13.1. The van der Waals surface area contributed by atoms with Crippen LogP contribution in [0.25, 0.3) is 11.4 Å². The van der Waals surface area contributed by atoms with Crippen molar-refractivity contribution in [3.8, 4) is 34.4 Å². The molecule has 0 bridgehead atoms. The fourth-order valence-corrected chi connectivity index (χ4v) is 4.67. The molecule has 0 saturated heterocycles. The molecule has 2 heterocycles. The van der Waals surface area contributed by atoms with Crippen LogP contribution >= 0.6 is 0 Å². The molecule has 9 heteroatoms. The van der Waals surface area contributed by atoms with Crippen LogP contribution in [-0.2, 0) is 4.79 Å². The molecule has 0 fully saturated rings. The fraction of sp³-hybridized carbons (Fsp3) is 0.320. The Bertz CT molecular complexity index is 1270. The molecule has 2 aromatic carbocycles. The summed E-state index contributed by atoms with van der Waals surface area (Å²) < 4.78 is 23.9. The molecule has 2 aliphatic rings. The van der Waals surface area contributed by atoms with Crippen LogP contribution < -0.4 is 24.3 Å². The predicted octanol–water partition coefficient (Wildman–Crippen LogP) is 4.00. The molecule has 0 saturated carbocycles. The van der Waals surface area contributed by atoms with Crippen molar-refractivity contribution in [2.24, 2.45) is 0 Å². The number of methoxy groups -OCH3 is 4. The van der Waals surface area contributed by atoms with Gasteiger partial charge in [0.2, 0.25) is 11.7 Å². The van der Waals surface area contributed by atoms with E-state index in [-0.39, 0.29) is 5.78 Å². The number of nitrogens with one attached hydrogen (secondary N) is 1. The van der Waals surface area contributed by atoms with Gasteiger partial charge in [0.05, 0.1) is 28.4 Å². The monoisotopic (exact) mass is 462 g/mol. The molecule has 9 nitrogen and oxygen atoms in total. The van der Waals surface area contributed by atoms with Gasteiger partial charge in [0, 0.05) is 28.8 Å². The summed E-state index contributed by atoms with van der Waals surface area (Å²) in [4.78, 5) is 17.9. The van der Waals surface area contributed by atoms with Crippen molar-refractivity contribution in [1.82, 2.24) is 14.8 Å². The maximum Gasteiger partial charge on any atom is 0.226 e. The minimum Gasteiger partial charge on any atom is -0.496 e. The van der Waals surface area contributed by atoms with E-state index >= 15 is 0 Å². The van der Waals surface area contributed by atoms with Crippen molar-refractivity contribution in [2.45, 2.75) is 25.3 Å². The van der Waals surface area contributed by atoms with Gasteiger partial charge in [0.1, 0.15) is 11.8 Å². The van der Waals surface area contributed by atoms with E-state index in [1.165, 1.54) is 0 Å². The van der Waals surface area contributed by atoms with Crippen molar-refractivity contribution < 1.29 is 23.7 Å². The van der Waals surface area contributed by atoms with Gasteiger partial charge in [-0.05, 0) is 31.0 Å². The number of Topliss-reactive ketones (excluding diaryl/α,β-unsaturated/α-hetero) is 1. The standard InChI is InChI=1S/C25H26N4O5/c1-31-18-11-6-5-8-15(18)22-21-16(9-7-10-17(21)30)26-25-27-24(28-29(22)25)14-12-19(32-2)23(34-4)20(13-14)33-3/h5-6,8,11-13,22H,7,9-10H2,1-4H3,(H,26,27,28). The first-order valence-electron chi connectivity index (χ1n) is 11.0. The van der Waals surface area contributed by atoms with Crippen molar-refractivity contribution in [3.05, 3.63) is 53.2 Å². The second-order valence-electron chi connectivity index (χ2n) is 8.06. The lowest BCUT2D eigenvalue weighted by molar-refractivity contribution is -0.116. The van der Waals surface area contributed by atoms with Gasteiger partial charge >= 0.3 is 0 Å². The highest BCUT2D eigenvalue weighted by atomic mass is 16.5. The first-order valence-corrected chi connectivity index (χ1v) is 11.0. The molecule has 1 aliphatic carbocycles. The summed E-state index contributed by atoms with van der Waals surface area (Å²) >= 11 is 0. The molecule has 0 radical (unpaired) electrons. The first-order chi connectivity index (χ1) is 16.6. The lowest BCUT2D eigenvalue weighted by Crippen LogP contribution is -2.31. The Morgan fingerprint density at radius 3 is 2.32 bits per heavy atom. The number of fused-ring (bicyclic) bond motifs is 1. The molecular formula is C25H26N4O5. The number of allylic oxidation sites excluding steroid dienone is 2. The third kappa shape index (κ3) is 3.44. The molecular weight excluding hydrogens is 436 g/mol. The van der Waals surface area contributed by atoms with Crippen molar-refractivity contribution in [3.63, 3.8) is 0 Å². The number of rotatable bonds is 6. The van der Waals surface area contributed by atoms with Gasteiger partial charge in [0.15, 0.2) is 23.1 Å². The molecule has 0 spiro atoms. The van der Waals surface area contributed by atoms with Crippen LogP contribution in [0.4, 0.5) is 5.95 Å². The van der Waals surface area contributed by atoms with Gasteiger partial charge in [-0.3, -0.25) is 4.79 Å². The maximum absolute atomic E-state index is 13.1. The average Bonchev–Trinajstić information content (AvgIpc) is 3.30. The molecule has 1 aromatic heterocycles. The molecule has 0 amide bonds. The van der Waals surface area contributed by atoms with E-state index in [0.29, 0.717) is 52.3 Å². The van der Waals surface area contributed by atoms with E-state index in [0.717, 1.165) is 24.1 Å². The number of carbonyl (C=O) groups excluding carboxylic acids is 1. The van der Waals surface area contributed by atoms with Crippen molar-refractivity contribution in [1.29, 1.82) is 0 Å². The van der Waals surface area contributed by atoms with Crippen LogP contribution in [0.2, 0.25) is 0 Å². The van der Waals surface area contributed by atoms with E-state index in [2.05, 4.69) is 5.32 Å². The second-order valence-corrected chi connectivity index (χ2v) is 8.06. The number of ether oxygens (including phenoxy) is 4. The minimum absolute atomic E-state index is 0.111. The van der Waals surface area contributed by atoms with Crippen LogP contribution in [0.1, 0.15) is 30.9 Å². The van der Waals surface area contributed by atoms with E-state index in [9.17, 15) is 4.79 Å². The Morgan fingerprint density at radius 2 is 1.65 bits per heavy atom. The summed E-state index contributed by atoms with van der Waals surface area (Å²) in [5, 5.41) is 8.19. The number of aromatic nitrogens is 3. The Kier molecular flexibility index (Phi) is 5.61. The highest BCUT2D eigenvalue weighted by Crippen LogP contribution is 2.44. The fourth-order valence-electron chi connectivity index (χ4n) is 4.67. The van der Waals surface area contributed by atoms with E-state index < -0.39 is 6.04 Å². The summed E-state index contributed by atoms with van der Waals surface area (Å²) in [6.07, 6.45) is 2.09. The van der Waals surface area contributed by atoms with E-state index in [1.807, 2.05) is 24.3 Å². The summed E-state index contributed by atoms with van der Waals surface area (Å²) in [6.45, 7) is 0. The van der Waals surface area contributed by atoms with E-state index in [1.54, 1.807) is 45.3 Å². The summed E-state index contributed by atoms with van der Waals surface area (Å²) in [5.41, 5.74) is 3.16. The number of hydrogen-bond acceptors (Lipinski definition) is 8. The Hall–Kier alpha value is -4.01. The topological polar surface area (TPSA) is 96.7 Å². The first kappa shape index (κ1) is 21.8. The second kappa shape index (κ2) is 8.74. The number of para-hydroxylation sites is 1.